The second-order valence-corrected chi connectivity index (χ2v) is 4.85. The summed E-state index contributed by atoms with van der Waals surface area (Å²) in [6.07, 6.45) is 1.43. The number of rotatable bonds is 2. The van der Waals surface area contributed by atoms with Crippen LogP contribution in [0.3, 0.4) is 0 Å². The highest BCUT2D eigenvalue weighted by molar-refractivity contribution is 14.1. The molecule has 0 atom stereocenters. The number of nitrogens with one attached hydrogen (secondary N) is 2. The van der Waals surface area contributed by atoms with Crippen LogP contribution < -0.4 is 11.1 Å². The molecule has 1 aromatic heterocycles. The molecular weight excluding hydrogens is 354 g/mol. The van der Waals surface area contributed by atoms with E-state index in [2.05, 4.69) is 38.1 Å². The van der Waals surface area contributed by atoms with Gasteiger partial charge in [0.2, 0.25) is 0 Å². The number of hydrogen-bond acceptors (Lipinski definition) is 3. The van der Waals surface area contributed by atoms with Crippen LogP contribution in [-0.2, 0) is 0 Å². The maximum absolute atomic E-state index is 11.9. The molecule has 88 valence electrons. The quantitative estimate of drug-likeness (QED) is 0.718. The number of anilines is 2. The Kier molecular flexibility index (Phi) is 3.53. The van der Waals surface area contributed by atoms with Crippen LogP contribution in [0.1, 0.15) is 10.4 Å². The highest BCUT2D eigenvalue weighted by Gasteiger charge is 2.10. The molecule has 2 rings (SSSR count). The molecule has 2 aromatic rings. The molecule has 0 unspecified atom stereocenters. The number of carbonyl (C=O) groups excluding carboxylic acids is 1. The summed E-state index contributed by atoms with van der Waals surface area (Å²) >= 11 is 8.03. The van der Waals surface area contributed by atoms with Gasteiger partial charge in [-0.05, 0) is 40.8 Å². The molecule has 17 heavy (non-hydrogen) atoms. The van der Waals surface area contributed by atoms with Gasteiger partial charge in [0.1, 0.15) is 0 Å². The van der Waals surface area contributed by atoms with E-state index in [0.29, 0.717) is 22.1 Å². The van der Waals surface area contributed by atoms with Crippen LogP contribution in [0.15, 0.2) is 24.4 Å². The van der Waals surface area contributed by atoms with Gasteiger partial charge in [0, 0.05) is 9.13 Å². The van der Waals surface area contributed by atoms with Gasteiger partial charge in [-0.2, -0.15) is 5.10 Å². The monoisotopic (exact) mass is 362 g/mol. The Morgan fingerprint density at radius 1 is 1.53 bits per heavy atom. The van der Waals surface area contributed by atoms with Crippen molar-refractivity contribution in [2.24, 2.45) is 0 Å². The van der Waals surface area contributed by atoms with Gasteiger partial charge < -0.3 is 11.1 Å². The molecule has 0 aliphatic rings. The van der Waals surface area contributed by atoms with Crippen molar-refractivity contribution in [3.63, 3.8) is 0 Å². The van der Waals surface area contributed by atoms with Crippen molar-refractivity contribution in [1.82, 2.24) is 10.2 Å². The largest absolute Gasteiger partial charge is 0.394 e. The van der Waals surface area contributed by atoms with Crippen molar-refractivity contribution in [3.05, 3.63) is 38.6 Å². The molecule has 1 amide bonds. The van der Waals surface area contributed by atoms with Crippen molar-refractivity contribution in [2.45, 2.75) is 0 Å². The third kappa shape index (κ3) is 2.70. The highest BCUT2D eigenvalue weighted by Crippen LogP contribution is 2.20. The molecule has 0 aliphatic carbocycles. The number of halogens is 2. The van der Waals surface area contributed by atoms with Crippen LogP contribution in [0, 0.1) is 3.57 Å². The summed E-state index contributed by atoms with van der Waals surface area (Å²) in [7, 11) is 0. The minimum Gasteiger partial charge on any atom is -0.394 e. The number of nitrogens with two attached hydrogens (primary N) is 1. The third-order valence-electron chi connectivity index (χ3n) is 2.09. The Bertz CT molecular complexity index is 569. The average Bonchev–Trinajstić information content (AvgIpc) is 2.68. The van der Waals surface area contributed by atoms with E-state index in [-0.39, 0.29) is 5.91 Å². The van der Waals surface area contributed by atoms with Gasteiger partial charge in [-0.15, -0.1) is 0 Å². The maximum atomic E-state index is 11.9. The van der Waals surface area contributed by atoms with Crippen molar-refractivity contribution in [3.8, 4) is 0 Å². The van der Waals surface area contributed by atoms with Gasteiger partial charge in [-0.3, -0.25) is 9.89 Å². The number of aromatic amines is 1. The Morgan fingerprint density at radius 2 is 2.29 bits per heavy atom. The smallest absolute Gasteiger partial charge is 0.256 e. The van der Waals surface area contributed by atoms with Crippen molar-refractivity contribution >= 4 is 51.6 Å². The SMILES string of the molecule is Nc1cn[nH]c1NC(=O)c1ccc(I)c(Cl)c1. The fourth-order valence-corrected chi connectivity index (χ4v) is 1.73. The van der Waals surface area contributed by atoms with E-state index in [9.17, 15) is 4.79 Å². The first-order valence-electron chi connectivity index (χ1n) is 4.63. The summed E-state index contributed by atoms with van der Waals surface area (Å²) in [4.78, 5) is 11.9. The Morgan fingerprint density at radius 3 is 2.88 bits per heavy atom. The Labute approximate surface area is 116 Å². The molecule has 0 radical (unpaired) electrons. The van der Waals surface area contributed by atoms with Gasteiger partial charge in [-0.1, -0.05) is 11.6 Å². The van der Waals surface area contributed by atoms with Crippen LogP contribution in [0.25, 0.3) is 0 Å². The molecule has 0 aliphatic heterocycles. The zero-order valence-electron chi connectivity index (χ0n) is 8.50. The summed E-state index contributed by atoms with van der Waals surface area (Å²) < 4.78 is 0.891. The van der Waals surface area contributed by atoms with E-state index in [0.717, 1.165) is 3.57 Å². The summed E-state index contributed by atoms with van der Waals surface area (Å²) in [5, 5.41) is 9.45. The van der Waals surface area contributed by atoms with E-state index >= 15 is 0 Å². The third-order valence-corrected chi connectivity index (χ3v) is 3.66. The van der Waals surface area contributed by atoms with Gasteiger partial charge in [0.05, 0.1) is 16.9 Å². The predicted molar refractivity (Wildman–Crippen MR) is 75.1 cm³/mol. The summed E-state index contributed by atoms with van der Waals surface area (Å²) in [6.45, 7) is 0. The van der Waals surface area contributed by atoms with Gasteiger partial charge in [0.15, 0.2) is 5.82 Å². The molecule has 4 N–H and O–H groups in total. The molecule has 5 nitrogen and oxygen atoms in total. The van der Waals surface area contributed by atoms with E-state index in [1.807, 2.05) is 0 Å². The zero-order valence-corrected chi connectivity index (χ0v) is 11.4. The second-order valence-electron chi connectivity index (χ2n) is 3.28. The number of nitrogens with zero attached hydrogens (tertiary/aromatic N) is 1. The number of H-pyrrole nitrogens is 1. The zero-order chi connectivity index (χ0) is 12.4. The van der Waals surface area contributed by atoms with Crippen LogP contribution in [0.4, 0.5) is 11.5 Å². The van der Waals surface area contributed by atoms with E-state index in [4.69, 9.17) is 17.3 Å². The van der Waals surface area contributed by atoms with Crippen LogP contribution in [-0.4, -0.2) is 16.1 Å². The lowest BCUT2D eigenvalue weighted by Crippen LogP contribution is -2.13. The number of amides is 1. The molecule has 7 heteroatoms. The molecule has 0 spiro atoms. The average molecular weight is 363 g/mol. The predicted octanol–water partition coefficient (Wildman–Crippen LogP) is 2.50. The molecule has 0 saturated heterocycles. The first-order chi connectivity index (χ1) is 8.08. The standard InChI is InChI=1S/C10H8ClIN4O/c11-6-3-5(1-2-7(6)12)10(17)15-9-8(13)4-14-16-9/h1-4H,13H2,(H2,14,15,16,17). The Balaban J connectivity index is 2.20. The fourth-order valence-electron chi connectivity index (χ4n) is 1.22. The van der Waals surface area contributed by atoms with Crippen molar-refractivity contribution in [1.29, 1.82) is 0 Å². The topological polar surface area (TPSA) is 83.8 Å². The summed E-state index contributed by atoms with van der Waals surface area (Å²) in [5.41, 5.74) is 6.43. The molecule has 0 fully saturated rings. The van der Waals surface area contributed by atoms with Crippen molar-refractivity contribution in [2.75, 3.05) is 11.1 Å². The van der Waals surface area contributed by atoms with Gasteiger partial charge in [0.25, 0.3) is 5.91 Å². The summed E-state index contributed by atoms with van der Waals surface area (Å²) in [6, 6.07) is 5.06. The van der Waals surface area contributed by atoms with E-state index in [1.165, 1.54) is 6.20 Å². The number of hydrogen-bond donors (Lipinski definition) is 3. The minimum absolute atomic E-state index is 0.292. The van der Waals surface area contributed by atoms with Crippen LogP contribution in [0.5, 0.6) is 0 Å². The van der Waals surface area contributed by atoms with Gasteiger partial charge in [-0.25, -0.2) is 0 Å². The van der Waals surface area contributed by atoms with Crippen LogP contribution >= 0.6 is 34.2 Å². The van der Waals surface area contributed by atoms with Crippen LogP contribution in [0.2, 0.25) is 5.02 Å². The fraction of sp³-hybridized carbons (Fsp3) is 0. The molecule has 1 aromatic carbocycles. The highest BCUT2D eigenvalue weighted by atomic mass is 127. The molecule has 0 saturated carbocycles. The number of nitrogen functional groups attached to an aromatic ring is 1. The first kappa shape index (κ1) is 12.2. The lowest BCUT2D eigenvalue weighted by molar-refractivity contribution is 0.102. The number of benzene rings is 1. The Hall–Kier alpha value is -1.28. The lowest BCUT2D eigenvalue weighted by Gasteiger charge is -2.04. The maximum Gasteiger partial charge on any atom is 0.256 e. The van der Waals surface area contributed by atoms with Gasteiger partial charge >= 0.3 is 0 Å². The molecular formula is C10H8ClIN4O. The molecule has 0 bridgehead atoms. The molecule has 1 heterocycles. The van der Waals surface area contributed by atoms with E-state index < -0.39 is 0 Å². The minimum atomic E-state index is -0.292. The lowest BCUT2D eigenvalue weighted by atomic mass is 10.2. The first-order valence-corrected chi connectivity index (χ1v) is 6.09. The normalized spacial score (nSPS) is 10.2. The summed E-state index contributed by atoms with van der Waals surface area (Å²) in [5.74, 6) is 0.0870. The second kappa shape index (κ2) is 4.92. The van der Waals surface area contributed by atoms with E-state index in [1.54, 1.807) is 18.2 Å². The number of carbonyl (C=O) groups is 1. The van der Waals surface area contributed by atoms with Crippen molar-refractivity contribution < 1.29 is 4.79 Å². The number of aromatic nitrogens is 2.